The monoisotopic (exact) mass is 380 g/mol. The molecule has 0 spiro atoms. The Bertz CT molecular complexity index is 991. The highest BCUT2D eigenvalue weighted by atomic mass is 19.1. The molecule has 1 heterocycles. The molecule has 0 radical (unpaired) electrons. The van der Waals surface area contributed by atoms with Crippen LogP contribution in [0.25, 0.3) is 0 Å². The van der Waals surface area contributed by atoms with Crippen LogP contribution in [0.4, 0.5) is 4.39 Å². The number of hydrogen-bond donors (Lipinski definition) is 2. The molecule has 0 saturated heterocycles. The largest absolute Gasteiger partial charge is 0.478 e. The Labute approximate surface area is 164 Å². The molecule has 0 unspecified atom stereocenters. The van der Waals surface area contributed by atoms with E-state index in [9.17, 15) is 14.3 Å². The second-order valence-electron chi connectivity index (χ2n) is 7.13. The molecule has 3 aromatic rings. The van der Waals surface area contributed by atoms with Crippen LogP contribution in [-0.4, -0.2) is 15.6 Å². The maximum absolute atomic E-state index is 13.5. The van der Waals surface area contributed by atoms with Crippen molar-refractivity contribution in [3.8, 4) is 0 Å². The molecule has 3 rings (SSSR count). The second-order valence-corrected chi connectivity index (χ2v) is 7.13. The van der Waals surface area contributed by atoms with Gasteiger partial charge in [-0.2, -0.15) is 0 Å². The first kappa shape index (κ1) is 19.8. The molecule has 4 nitrogen and oxygen atoms in total. The molecule has 5 heteroatoms. The number of aromatic carboxylic acids is 1. The van der Waals surface area contributed by atoms with Crippen LogP contribution < -0.4 is 5.32 Å². The first-order chi connectivity index (χ1) is 13.4. The summed E-state index contributed by atoms with van der Waals surface area (Å²) in [5.41, 5.74) is 5.82. The summed E-state index contributed by atoms with van der Waals surface area (Å²) in [4.78, 5) is 11.9. The number of aryl methyl sites for hydroxylation is 1. The average molecular weight is 380 g/mol. The third-order valence-electron chi connectivity index (χ3n) is 5.11. The minimum atomic E-state index is -0.939. The van der Waals surface area contributed by atoms with E-state index in [4.69, 9.17) is 0 Å². The SMILES string of the molecule is Cc1ccc(CNCc2c(C(=O)O)c(C)n(Cc3cccc(F)c3)c2C)cc1. The van der Waals surface area contributed by atoms with E-state index in [2.05, 4.69) is 29.6 Å². The van der Waals surface area contributed by atoms with Crippen molar-refractivity contribution >= 4 is 5.97 Å². The van der Waals surface area contributed by atoms with E-state index in [1.54, 1.807) is 13.0 Å². The number of carboxylic acids is 1. The summed E-state index contributed by atoms with van der Waals surface area (Å²) in [5, 5.41) is 13.1. The van der Waals surface area contributed by atoms with E-state index in [0.717, 1.165) is 22.4 Å². The zero-order valence-electron chi connectivity index (χ0n) is 16.4. The highest BCUT2D eigenvalue weighted by Crippen LogP contribution is 2.24. The lowest BCUT2D eigenvalue weighted by molar-refractivity contribution is 0.0694. The van der Waals surface area contributed by atoms with E-state index in [0.29, 0.717) is 30.9 Å². The van der Waals surface area contributed by atoms with Gasteiger partial charge in [0.15, 0.2) is 0 Å². The maximum atomic E-state index is 13.5. The van der Waals surface area contributed by atoms with Crippen molar-refractivity contribution in [3.05, 3.63) is 93.6 Å². The topological polar surface area (TPSA) is 54.3 Å². The van der Waals surface area contributed by atoms with Crippen LogP contribution in [0.15, 0.2) is 48.5 Å². The molecule has 0 aliphatic rings. The first-order valence-electron chi connectivity index (χ1n) is 9.29. The molecule has 2 N–H and O–H groups in total. The molecule has 1 aromatic heterocycles. The van der Waals surface area contributed by atoms with E-state index in [-0.39, 0.29) is 5.82 Å². The number of carbonyl (C=O) groups is 1. The van der Waals surface area contributed by atoms with Crippen LogP contribution in [0.1, 0.15) is 44.0 Å². The Hall–Kier alpha value is -2.92. The molecule has 0 saturated carbocycles. The Morgan fingerprint density at radius 1 is 1.00 bits per heavy atom. The zero-order valence-corrected chi connectivity index (χ0v) is 16.4. The molecule has 2 aromatic carbocycles. The number of nitrogens with zero attached hydrogens (tertiary/aromatic N) is 1. The zero-order chi connectivity index (χ0) is 20.3. The fourth-order valence-corrected chi connectivity index (χ4v) is 3.54. The van der Waals surface area contributed by atoms with E-state index < -0.39 is 5.97 Å². The standard InChI is InChI=1S/C23H25FN2O2/c1-15-7-9-18(10-8-15)12-25-13-21-16(2)26(17(3)22(21)23(27)28)14-19-5-4-6-20(24)11-19/h4-11,25H,12-14H2,1-3H3,(H,27,28). The Kier molecular flexibility index (Phi) is 5.95. The van der Waals surface area contributed by atoms with E-state index in [1.807, 2.05) is 24.5 Å². The summed E-state index contributed by atoms with van der Waals surface area (Å²) in [6.45, 7) is 7.32. The van der Waals surface area contributed by atoms with Crippen molar-refractivity contribution in [2.45, 2.75) is 40.4 Å². The third-order valence-corrected chi connectivity index (χ3v) is 5.11. The predicted octanol–water partition coefficient (Wildman–Crippen LogP) is 4.59. The summed E-state index contributed by atoms with van der Waals surface area (Å²) >= 11 is 0. The molecule has 0 atom stereocenters. The van der Waals surface area contributed by atoms with Crippen LogP contribution in [-0.2, 0) is 19.6 Å². The normalized spacial score (nSPS) is 11.0. The molecular weight excluding hydrogens is 355 g/mol. The highest BCUT2D eigenvalue weighted by molar-refractivity contribution is 5.91. The molecule has 28 heavy (non-hydrogen) atoms. The highest BCUT2D eigenvalue weighted by Gasteiger charge is 2.22. The third kappa shape index (κ3) is 4.31. The van der Waals surface area contributed by atoms with Crippen molar-refractivity contribution < 1.29 is 14.3 Å². The number of halogens is 1. The van der Waals surface area contributed by atoms with Crippen molar-refractivity contribution in [1.82, 2.24) is 9.88 Å². The lowest BCUT2D eigenvalue weighted by Gasteiger charge is -2.10. The Morgan fingerprint density at radius 2 is 1.71 bits per heavy atom. The summed E-state index contributed by atoms with van der Waals surface area (Å²) in [6, 6.07) is 14.6. The van der Waals surface area contributed by atoms with Gasteiger partial charge in [0, 0.05) is 36.6 Å². The summed E-state index contributed by atoms with van der Waals surface area (Å²) < 4.78 is 15.5. The number of benzene rings is 2. The number of carboxylic acid groups (broad SMARTS) is 1. The van der Waals surface area contributed by atoms with Crippen LogP contribution in [0.3, 0.4) is 0 Å². The Balaban J connectivity index is 1.83. The number of hydrogen-bond acceptors (Lipinski definition) is 2. The van der Waals surface area contributed by atoms with Crippen LogP contribution in [0.2, 0.25) is 0 Å². The molecule has 0 amide bonds. The van der Waals surface area contributed by atoms with Gasteiger partial charge in [0.2, 0.25) is 0 Å². The fourth-order valence-electron chi connectivity index (χ4n) is 3.54. The van der Waals surface area contributed by atoms with Gasteiger partial charge < -0.3 is 15.0 Å². The summed E-state index contributed by atoms with van der Waals surface area (Å²) in [7, 11) is 0. The van der Waals surface area contributed by atoms with Gasteiger partial charge in [-0.3, -0.25) is 0 Å². The predicted molar refractivity (Wildman–Crippen MR) is 108 cm³/mol. The van der Waals surface area contributed by atoms with E-state index in [1.165, 1.54) is 17.7 Å². The summed E-state index contributed by atoms with van der Waals surface area (Å²) in [5.74, 6) is -1.23. The molecule has 146 valence electrons. The van der Waals surface area contributed by atoms with Crippen LogP contribution >= 0.6 is 0 Å². The van der Waals surface area contributed by atoms with Gasteiger partial charge in [0.1, 0.15) is 5.82 Å². The summed E-state index contributed by atoms with van der Waals surface area (Å²) in [6.07, 6.45) is 0. The number of aromatic nitrogens is 1. The molecule has 0 fully saturated rings. The van der Waals surface area contributed by atoms with Gasteiger partial charge in [-0.25, -0.2) is 9.18 Å². The number of nitrogens with one attached hydrogen (secondary N) is 1. The van der Waals surface area contributed by atoms with Gasteiger partial charge in [0.25, 0.3) is 0 Å². The van der Waals surface area contributed by atoms with Crippen molar-refractivity contribution in [3.63, 3.8) is 0 Å². The lowest BCUT2D eigenvalue weighted by Crippen LogP contribution is -2.15. The van der Waals surface area contributed by atoms with Crippen LogP contribution in [0.5, 0.6) is 0 Å². The lowest BCUT2D eigenvalue weighted by atomic mass is 10.1. The van der Waals surface area contributed by atoms with Gasteiger partial charge in [-0.15, -0.1) is 0 Å². The van der Waals surface area contributed by atoms with Gasteiger partial charge in [0.05, 0.1) is 5.56 Å². The molecule has 0 aliphatic heterocycles. The minimum absolute atomic E-state index is 0.293. The fraction of sp³-hybridized carbons (Fsp3) is 0.261. The smallest absolute Gasteiger partial charge is 0.337 e. The van der Waals surface area contributed by atoms with Gasteiger partial charge >= 0.3 is 5.97 Å². The first-order valence-corrected chi connectivity index (χ1v) is 9.29. The second kappa shape index (κ2) is 8.40. The molecule has 0 aliphatic carbocycles. The number of rotatable bonds is 7. The van der Waals surface area contributed by atoms with Gasteiger partial charge in [-0.05, 0) is 44.0 Å². The quantitative estimate of drug-likeness (QED) is 0.630. The van der Waals surface area contributed by atoms with Gasteiger partial charge in [-0.1, -0.05) is 42.0 Å². The Morgan fingerprint density at radius 3 is 2.36 bits per heavy atom. The average Bonchev–Trinajstić information content (AvgIpc) is 2.88. The minimum Gasteiger partial charge on any atom is -0.478 e. The van der Waals surface area contributed by atoms with Crippen LogP contribution in [0, 0.1) is 26.6 Å². The van der Waals surface area contributed by atoms with E-state index >= 15 is 0 Å². The van der Waals surface area contributed by atoms with Crippen molar-refractivity contribution in [2.75, 3.05) is 0 Å². The maximum Gasteiger partial charge on any atom is 0.337 e. The molecular formula is C23H25FN2O2. The molecule has 0 bridgehead atoms. The van der Waals surface area contributed by atoms with Crippen molar-refractivity contribution in [1.29, 1.82) is 0 Å². The van der Waals surface area contributed by atoms with Crippen molar-refractivity contribution in [2.24, 2.45) is 0 Å².